The van der Waals surface area contributed by atoms with Gasteiger partial charge in [-0.25, -0.2) is 24.2 Å². The zero-order valence-electron chi connectivity index (χ0n) is 77.7. The van der Waals surface area contributed by atoms with Crippen molar-refractivity contribution in [1.82, 2.24) is 39.6 Å². The van der Waals surface area contributed by atoms with Gasteiger partial charge >= 0.3 is 49.1 Å². The maximum atomic E-state index is 13.2. The summed E-state index contributed by atoms with van der Waals surface area (Å²) < 4.78 is 25.0. The normalized spacial score (nSPS) is 19.7. The van der Waals surface area contributed by atoms with Gasteiger partial charge in [-0.15, -0.1) is 0 Å². The maximum Gasteiger partial charge on any atom is 1.00 e. The number of amidine groups is 1. The van der Waals surface area contributed by atoms with Crippen molar-refractivity contribution in [3.05, 3.63) is 311 Å². The Morgan fingerprint density at radius 3 is 1.07 bits per heavy atom. The van der Waals surface area contributed by atoms with Crippen molar-refractivity contribution in [3.8, 4) is 0 Å². The van der Waals surface area contributed by atoms with Crippen molar-refractivity contribution >= 4 is 72.8 Å². The van der Waals surface area contributed by atoms with Gasteiger partial charge in [0.05, 0.1) is 51.5 Å². The van der Waals surface area contributed by atoms with E-state index in [9.17, 15) is 38.4 Å². The fourth-order valence-corrected chi connectivity index (χ4v) is 18.1. The van der Waals surface area contributed by atoms with Gasteiger partial charge in [0.15, 0.2) is 0 Å². The summed E-state index contributed by atoms with van der Waals surface area (Å²) in [6, 6.07) is 80.0. The third kappa shape index (κ3) is 49.0. The van der Waals surface area contributed by atoms with Gasteiger partial charge in [-0.1, -0.05) is 384 Å². The van der Waals surface area contributed by atoms with Crippen LogP contribution in [0.15, 0.2) is 267 Å². The molecule has 7 saturated heterocycles. The summed E-state index contributed by atoms with van der Waals surface area (Å²) in [5, 5.41) is 30.9. The van der Waals surface area contributed by atoms with Crippen LogP contribution in [0.2, 0.25) is 19.6 Å². The van der Waals surface area contributed by atoms with Crippen LogP contribution in [-0.2, 0) is 80.4 Å². The number of carboxylic acid groups (broad SMARTS) is 1. The third-order valence-corrected chi connectivity index (χ3v) is 24.1. The molecular weight excluding hydrogens is 1830 g/mol. The number of ether oxygens (including phenoxy) is 5. The Morgan fingerprint density at radius 2 is 0.768 bits per heavy atom. The Balaban J connectivity index is -0.000000294. The molecule has 0 bridgehead atoms. The summed E-state index contributed by atoms with van der Waals surface area (Å²) >= 11 is 4.85. The molecule has 0 radical (unpaired) electrons. The zero-order valence-corrected chi connectivity index (χ0v) is 79.4. The first-order valence-electron chi connectivity index (χ1n) is 43.7. The molecule has 15 rings (SSSR count). The summed E-state index contributed by atoms with van der Waals surface area (Å²) in [7, 11) is 2.17. The summed E-state index contributed by atoms with van der Waals surface area (Å²) in [4.78, 5) is 106. The van der Waals surface area contributed by atoms with Crippen LogP contribution in [0.25, 0.3) is 0 Å². The molecule has 7 fully saturated rings. The van der Waals surface area contributed by atoms with Crippen LogP contribution >= 0.6 is 11.6 Å². The van der Waals surface area contributed by atoms with Crippen LogP contribution < -0.4 is 29.9 Å². The number of rotatable bonds is 23. The number of aliphatic carboxylic acids is 1. The SMILES string of the molecule is C.C.C.C.C.C.C.C.C.C.C.C/C=C/C(=O)Cl.C/C=C/C(=O)N1C(=O)OC[C@H]1c1ccccc1.COC(=O)[C@@H]1CN(Cc2ccccc2)C[C@H]1C.COCN(Cc1ccccc1)C[Si](C)(C)C.C[C@@H]1CN(Cc2ccccc2)CC1C(=N)N.C[C@@H]1CN(Cc2ccccc2)C[C@H]1C(=O)N1C(=O)OC[C@H]1c1ccccc1.C[C@@H]1CN(Cc2ccccc2)C[C@H]1C(=O)O.O=C1N[C@H](c2ccccc2)CO1.OO.[Li+].[OH-]. The number of benzene rings is 8. The number of allylic oxidation sites excluding steroid dienone is 3. The molecule has 0 aliphatic carbocycles. The number of esters is 1. The van der Waals surface area contributed by atoms with Crippen molar-refractivity contribution in [2.24, 2.45) is 53.1 Å². The van der Waals surface area contributed by atoms with E-state index in [4.69, 9.17) is 62.0 Å². The molecule has 142 heavy (non-hydrogen) atoms. The minimum absolute atomic E-state index is 0. The molecule has 0 saturated carbocycles. The van der Waals surface area contributed by atoms with Crippen LogP contribution in [0, 0.1) is 52.8 Å². The van der Waals surface area contributed by atoms with Crippen LogP contribution in [-0.4, -0.2) is 216 Å². The van der Waals surface area contributed by atoms with Gasteiger partial charge in [0.25, 0.3) is 5.91 Å². The molecule has 7 aliphatic heterocycles. The molecule has 11 atom stereocenters. The fourth-order valence-electron chi connectivity index (χ4n) is 16.5. The van der Waals surface area contributed by atoms with Crippen molar-refractivity contribution in [3.63, 3.8) is 0 Å². The van der Waals surface area contributed by atoms with E-state index in [1.54, 1.807) is 33.1 Å². The monoisotopic (exact) mass is 2000 g/mol. The Labute approximate surface area is 871 Å². The molecule has 1 unspecified atom stereocenters. The standard InChI is InChI=1S/C22H24N2O3.C14H19NO2.C13H19N3.C13H13NO3.C13H17NO2.C13H23NOSi.C9H9NO2.C4H5ClO.11CH4.Li.H2O2.H2O/c1-16-12-23(13-17-8-4-2-5-9-17)14-19(16)21(25)24-20(15-27-22(24)26)18-10-6-3-7-11-18;1-11-8-15(10-13(11)14(16)17-2)9-12-6-4-3-5-7-12;1-10-7-16(9-12(10)13(14)15)8-11-5-3-2-4-6-11;1-2-6-12(15)14-11(9-17-13(14)16)10-7-4-3-5-8-10;1-10-7-14(9-12(10)13(15)16)8-11-5-3-2-4-6-11;1-15-11-14(12-16(2,3)4)10-13-8-6-5-7-9-13;11-9-10-8(6-12-9)7-4-2-1-3-5-7;1-2-3-4(5)6;;;;;;;;;;;;;1-2;/h2-11,16,19-20H,12-15H2,1H3;3-7,11,13H,8-10H2,1-2H3;2-6,10,12H,7-9H2,1H3,(H3,14,15);2-8,11H,9H2,1H3;2-6,10,12H,7-9H2,1H3,(H,15,16);5-9H,10-12H2,1-4H3;1-5,8H,6H2,(H,10,11);2-3H,1H3;11*1H4;;1-2H;1H2/q;;;;;;;;;;;;;;;;;;;+1;;/p-1/b;;;6-2+;;;;3-2+;;;;;;;;;;;;;;/t16-,19-,20+;11-,13-;10-,12?;11-;10-,12-;;8-;;;;;;;;;;;;;;;/m11101.0.............../s1. The first kappa shape index (κ1) is 144. The predicted molar refractivity (Wildman–Crippen MR) is 581 cm³/mol. The van der Waals surface area contributed by atoms with Crippen LogP contribution in [0.5, 0.6) is 0 Å². The van der Waals surface area contributed by atoms with Crippen LogP contribution in [0.4, 0.5) is 14.4 Å². The van der Waals surface area contributed by atoms with Crippen molar-refractivity contribution in [2.75, 3.05) is 99.3 Å². The number of carboxylic acids is 1. The molecule has 30 heteroatoms. The number of likely N-dealkylation sites (tertiary alicyclic amines) is 4. The Morgan fingerprint density at radius 1 is 0.458 bits per heavy atom. The Kier molecular flexibility index (Phi) is 78.0. The Bertz CT molecular complexity index is 4690. The van der Waals surface area contributed by atoms with E-state index in [0.717, 1.165) is 100 Å². The molecule has 8 aromatic rings. The second-order valence-electron chi connectivity index (χ2n) is 34.3. The molecule has 7 heterocycles. The fraction of sp³-hybridized carbons (Fsp3) is 0.455. The number of hydrogen-bond donors (Lipinski definition) is 6. The maximum absolute atomic E-state index is 13.2. The molecule has 7 aliphatic rings. The first-order chi connectivity index (χ1) is 62.0. The second kappa shape index (κ2) is 76.8. The number of carbonyl (C=O) groups is 8. The molecule has 5 amide bonds. The number of nitrogens with zero attached hydrogens (tertiary/aromatic N) is 7. The number of nitrogens with two attached hydrogens (primary N) is 1. The summed E-state index contributed by atoms with van der Waals surface area (Å²) in [6.45, 7) is 32.0. The number of nitrogens with one attached hydrogen (secondary N) is 2. The van der Waals surface area contributed by atoms with E-state index in [-0.39, 0.29) is 197 Å². The minimum atomic E-state index is -1.07. The van der Waals surface area contributed by atoms with E-state index in [0.29, 0.717) is 37.4 Å². The predicted octanol–water partition coefficient (Wildman–Crippen LogP) is 20.8. The number of methoxy groups -OCH3 is 2. The number of carbonyl (C=O) groups excluding carboxylic acids is 7. The molecule has 0 spiro atoms. The van der Waals surface area contributed by atoms with E-state index >= 15 is 0 Å². The van der Waals surface area contributed by atoms with E-state index < -0.39 is 31.5 Å². The Hall–Kier alpha value is -10.8. The van der Waals surface area contributed by atoms with Crippen LogP contribution in [0.3, 0.4) is 0 Å². The molecule has 8 aromatic carbocycles. The summed E-state index contributed by atoms with van der Waals surface area (Å²) in [5.41, 5.74) is 15.0. The average molecular weight is 2010 g/mol. The summed E-state index contributed by atoms with van der Waals surface area (Å²) in [6.07, 6.45) is 5.60. The van der Waals surface area contributed by atoms with Crippen LogP contribution in [0.1, 0.15) is 186 Å². The number of cyclic esters (lactones) is 3. The quantitative estimate of drug-likeness (QED) is 0.00331. The van der Waals surface area contributed by atoms with Gasteiger partial charge in [-0.2, -0.15) is 0 Å². The van der Waals surface area contributed by atoms with Crippen molar-refractivity contribution in [1.29, 1.82) is 5.41 Å². The smallest absolute Gasteiger partial charge is 0.870 e. The van der Waals surface area contributed by atoms with E-state index in [1.807, 2.05) is 159 Å². The number of imide groups is 2. The minimum Gasteiger partial charge on any atom is -0.870 e. The molecule has 0 aromatic heterocycles. The van der Waals surface area contributed by atoms with E-state index in [2.05, 4.69) is 161 Å². The summed E-state index contributed by atoms with van der Waals surface area (Å²) in [5.74, 6) is 0.346. The van der Waals surface area contributed by atoms with Crippen molar-refractivity contribution in [2.45, 2.75) is 194 Å². The van der Waals surface area contributed by atoms with Gasteiger partial charge in [-0.3, -0.25) is 64.4 Å². The second-order valence-corrected chi connectivity index (χ2v) is 40.1. The molecule has 8 N–H and O–H groups in total. The van der Waals surface area contributed by atoms with E-state index in [1.165, 1.54) is 58.1 Å². The van der Waals surface area contributed by atoms with Gasteiger partial charge < -0.3 is 45.3 Å². The first-order valence-corrected chi connectivity index (χ1v) is 47.8. The largest absolute Gasteiger partial charge is 1.00 e. The van der Waals surface area contributed by atoms with Gasteiger partial charge in [0.2, 0.25) is 11.1 Å². The molecular formula is C112H176ClLiN10O17Si. The van der Waals surface area contributed by atoms with Gasteiger partial charge in [0.1, 0.15) is 31.9 Å². The molecule has 27 nitrogen and oxygen atoms in total. The average Bonchev–Trinajstić information content (AvgIpc) is 1.64. The third-order valence-electron chi connectivity index (χ3n) is 22.6. The van der Waals surface area contributed by atoms with Gasteiger partial charge in [0, 0.05) is 98.1 Å². The van der Waals surface area contributed by atoms with Gasteiger partial charge in [-0.05, 0) is 112 Å². The molecule has 788 valence electrons. The van der Waals surface area contributed by atoms with Crippen molar-refractivity contribution < 1.29 is 102 Å². The topological polar surface area (TPSA) is 358 Å². The zero-order chi connectivity index (χ0) is 93.8. The number of halogens is 1. The number of alkyl carbamates (subject to hydrolysis) is 1. The number of amides is 5. The number of hydrogen-bond acceptors (Lipinski definition) is 22.